The van der Waals surface area contributed by atoms with Crippen LogP contribution in [-0.2, 0) is 0 Å². The maximum atomic E-state index is 4.68. The molecule has 17 heavy (non-hydrogen) atoms. The van der Waals surface area contributed by atoms with Gasteiger partial charge in [0.15, 0.2) is 5.13 Å². The fourth-order valence-electron chi connectivity index (χ4n) is 1.84. The average Bonchev–Trinajstić information content (AvgIpc) is 2.72. The third-order valence-corrected chi connectivity index (χ3v) is 4.42. The number of anilines is 1. The SMILES string of the molecule is CCC(C)C(C)Nc1nc2c(C)cccc2s1. The van der Waals surface area contributed by atoms with Gasteiger partial charge in [-0.25, -0.2) is 4.98 Å². The van der Waals surface area contributed by atoms with Crippen molar-refractivity contribution >= 4 is 26.7 Å². The van der Waals surface area contributed by atoms with Gasteiger partial charge in [-0.05, 0) is 31.4 Å². The Labute approximate surface area is 107 Å². The number of rotatable bonds is 4. The van der Waals surface area contributed by atoms with Gasteiger partial charge >= 0.3 is 0 Å². The summed E-state index contributed by atoms with van der Waals surface area (Å²) in [7, 11) is 0. The Morgan fingerprint density at radius 1 is 1.35 bits per heavy atom. The quantitative estimate of drug-likeness (QED) is 0.864. The largest absolute Gasteiger partial charge is 0.359 e. The van der Waals surface area contributed by atoms with Crippen molar-refractivity contribution in [3.05, 3.63) is 23.8 Å². The molecule has 2 unspecified atom stereocenters. The number of hydrogen-bond acceptors (Lipinski definition) is 3. The lowest BCUT2D eigenvalue weighted by atomic mass is 10.0. The third-order valence-electron chi connectivity index (χ3n) is 3.47. The van der Waals surface area contributed by atoms with Gasteiger partial charge < -0.3 is 5.32 Å². The molecule has 3 heteroatoms. The molecule has 1 N–H and O–H groups in total. The van der Waals surface area contributed by atoms with Crippen LogP contribution in [0.5, 0.6) is 0 Å². The van der Waals surface area contributed by atoms with Crippen molar-refractivity contribution in [3.8, 4) is 0 Å². The standard InChI is InChI=1S/C14H20N2S/c1-5-9(2)11(4)15-14-16-13-10(3)7-6-8-12(13)17-14/h6-9,11H,5H2,1-4H3,(H,15,16). The normalized spacial score (nSPS) is 14.8. The molecule has 1 aromatic carbocycles. The van der Waals surface area contributed by atoms with Crippen LogP contribution in [0.15, 0.2) is 18.2 Å². The molecule has 1 heterocycles. The number of nitrogens with zero attached hydrogens (tertiary/aromatic N) is 1. The lowest BCUT2D eigenvalue weighted by Crippen LogP contribution is -2.22. The molecule has 0 saturated carbocycles. The van der Waals surface area contributed by atoms with Crippen molar-refractivity contribution in [1.82, 2.24) is 4.98 Å². The van der Waals surface area contributed by atoms with E-state index in [0.29, 0.717) is 12.0 Å². The Morgan fingerprint density at radius 3 is 2.76 bits per heavy atom. The van der Waals surface area contributed by atoms with Gasteiger partial charge in [0, 0.05) is 6.04 Å². The molecule has 2 rings (SSSR count). The number of aryl methyl sites for hydroxylation is 1. The Balaban J connectivity index is 2.23. The molecule has 0 aliphatic rings. The van der Waals surface area contributed by atoms with Gasteiger partial charge in [0.25, 0.3) is 0 Å². The second-order valence-corrected chi connectivity index (χ2v) is 5.79. The first kappa shape index (κ1) is 12.4. The maximum absolute atomic E-state index is 4.68. The first-order chi connectivity index (χ1) is 8.11. The zero-order valence-electron chi connectivity index (χ0n) is 10.9. The molecular weight excluding hydrogens is 228 g/mol. The van der Waals surface area contributed by atoms with E-state index in [0.717, 1.165) is 10.6 Å². The third kappa shape index (κ3) is 2.60. The smallest absolute Gasteiger partial charge is 0.184 e. The van der Waals surface area contributed by atoms with Gasteiger partial charge in [0.05, 0.1) is 10.2 Å². The van der Waals surface area contributed by atoms with Crippen molar-refractivity contribution in [2.75, 3.05) is 5.32 Å². The van der Waals surface area contributed by atoms with E-state index in [1.54, 1.807) is 11.3 Å². The number of fused-ring (bicyclic) bond motifs is 1. The fraction of sp³-hybridized carbons (Fsp3) is 0.500. The summed E-state index contributed by atoms with van der Waals surface area (Å²) in [6.45, 7) is 8.85. The summed E-state index contributed by atoms with van der Waals surface area (Å²) >= 11 is 1.75. The van der Waals surface area contributed by atoms with E-state index >= 15 is 0 Å². The average molecular weight is 248 g/mol. The first-order valence-corrected chi connectivity index (χ1v) is 7.06. The van der Waals surface area contributed by atoms with E-state index in [4.69, 9.17) is 0 Å². The van der Waals surface area contributed by atoms with Crippen LogP contribution in [0.2, 0.25) is 0 Å². The van der Waals surface area contributed by atoms with Gasteiger partial charge in [0.2, 0.25) is 0 Å². The van der Waals surface area contributed by atoms with E-state index in [-0.39, 0.29) is 0 Å². The van der Waals surface area contributed by atoms with E-state index in [9.17, 15) is 0 Å². The van der Waals surface area contributed by atoms with Crippen LogP contribution in [-0.4, -0.2) is 11.0 Å². The van der Waals surface area contributed by atoms with Gasteiger partial charge in [-0.1, -0.05) is 43.7 Å². The Hall–Kier alpha value is -1.09. The molecule has 0 fully saturated rings. The molecule has 2 aromatic rings. The van der Waals surface area contributed by atoms with E-state index in [1.165, 1.54) is 16.7 Å². The van der Waals surface area contributed by atoms with Crippen molar-refractivity contribution in [2.45, 2.75) is 40.2 Å². The summed E-state index contributed by atoms with van der Waals surface area (Å²) in [5, 5.41) is 4.56. The van der Waals surface area contributed by atoms with E-state index in [2.05, 4.69) is 56.2 Å². The topological polar surface area (TPSA) is 24.9 Å². The summed E-state index contributed by atoms with van der Waals surface area (Å²) in [5.41, 5.74) is 2.39. The van der Waals surface area contributed by atoms with Crippen LogP contribution in [0.25, 0.3) is 10.2 Å². The molecular formula is C14H20N2S. The van der Waals surface area contributed by atoms with Crippen LogP contribution >= 0.6 is 11.3 Å². The fourth-order valence-corrected chi connectivity index (χ4v) is 2.88. The number of hydrogen-bond donors (Lipinski definition) is 1. The Morgan fingerprint density at radius 2 is 2.12 bits per heavy atom. The minimum Gasteiger partial charge on any atom is -0.359 e. The summed E-state index contributed by atoms with van der Waals surface area (Å²) in [4.78, 5) is 4.68. The Kier molecular flexibility index (Phi) is 3.67. The van der Waals surface area contributed by atoms with Crippen molar-refractivity contribution in [2.24, 2.45) is 5.92 Å². The number of thiazole rings is 1. The van der Waals surface area contributed by atoms with Crippen LogP contribution in [0.1, 0.15) is 32.8 Å². The predicted octanol–water partition coefficient (Wildman–Crippen LogP) is 4.45. The summed E-state index contributed by atoms with van der Waals surface area (Å²) in [6, 6.07) is 6.82. The molecule has 0 saturated heterocycles. The molecule has 1 aromatic heterocycles. The zero-order valence-corrected chi connectivity index (χ0v) is 11.8. The van der Waals surface area contributed by atoms with Crippen LogP contribution in [0.4, 0.5) is 5.13 Å². The number of benzene rings is 1. The zero-order chi connectivity index (χ0) is 12.4. The number of aromatic nitrogens is 1. The van der Waals surface area contributed by atoms with Crippen LogP contribution in [0.3, 0.4) is 0 Å². The number of para-hydroxylation sites is 1. The highest BCUT2D eigenvalue weighted by molar-refractivity contribution is 7.22. The molecule has 0 amide bonds. The summed E-state index contributed by atoms with van der Waals surface area (Å²) in [5.74, 6) is 0.670. The van der Waals surface area contributed by atoms with Gasteiger partial charge in [-0.15, -0.1) is 0 Å². The van der Waals surface area contributed by atoms with Crippen molar-refractivity contribution in [3.63, 3.8) is 0 Å². The molecule has 0 aliphatic carbocycles. The maximum Gasteiger partial charge on any atom is 0.184 e. The first-order valence-electron chi connectivity index (χ1n) is 6.24. The lowest BCUT2D eigenvalue weighted by Gasteiger charge is -2.18. The van der Waals surface area contributed by atoms with Crippen LogP contribution < -0.4 is 5.32 Å². The van der Waals surface area contributed by atoms with Gasteiger partial charge in [0.1, 0.15) is 0 Å². The monoisotopic (exact) mass is 248 g/mol. The molecule has 92 valence electrons. The van der Waals surface area contributed by atoms with Crippen molar-refractivity contribution < 1.29 is 0 Å². The molecule has 2 atom stereocenters. The van der Waals surface area contributed by atoms with Crippen LogP contribution in [0, 0.1) is 12.8 Å². The second kappa shape index (κ2) is 5.05. The van der Waals surface area contributed by atoms with E-state index < -0.39 is 0 Å². The van der Waals surface area contributed by atoms with Crippen molar-refractivity contribution in [1.29, 1.82) is 0 Å². The minimum absolute atomic E-state index is 0.473. The highest BCUT2D eigenvalue weighted by Gasteiger charge is 2.12. The highest BCUT2D eigenvalue weighted by Crippen LogP contribution is 2.29. The lowest BCUT2D eigenvalue weighted by molar-refractivity contribution is 0.494. The molecule has 0 bridgehead atoms. The molecule has 0 aliphatic heterocycles. The molecule has 2 nitrogen and oxygen atoms in total. The van der Waals surface area contributed by atoms with Gasteiger partial charge in [-0.3, -0.25) is 0 Å². The molecule has 0 spiro atoms. The Bertz CT molecular complexity index is 504. The van der Waals surface area contributed by atoms with E-state index in [1.807, 2.05) is 0 Å². The second-order valence-electron chi connectivity index (χ2n) is 4.76. The minimum atomic E-state index is 0.473. The summed E-state index contributed by atoms with van der Waals surface area (Å²) < 4.78 is 1.27. The molecule has 0 radical (unpaired) electrons. The predicted molar refractivity (Wildman–Crippen MR) is 76.9 cm³/mol. The van der Waals surface area contributed by atoms with Gasteiger partial charge in [-0.2, -0.15) is 0 Å². The summed E-state index contributed by atoms with van der Waals surface area (Å²) in [6.07, 6.45) is 1.19. The highest BCUT2D eigenvalue weighted by atomic mass is 32.1. The number of nitrogens with one attached hydrogen (secondary N) is 1.